The number of nitrogen functional groups attached to an aromatic ring is 1. The Morgan fingerprint density at radius 2 is 2.00 bits per heavy atom. The summed E-state index contributed by atoms with van der Waals surface area (Å²) in [5.74, 6) is 1.58. The van der Waals surface area contributed by atoms with E-state index < -0.39 is 0 Å². The van der Waals surface area contributed by atoms with E-state index in [1.54, 1.807) is 6.33 Å². The third-order valence-corrected chi connectivity index (χ3v) is 2.77. The van der Waals surface area contributed by atoms with E-state index in [0.29, 0.717) is 5.82 Å². The first-order valence-electron chi connectivity index (χ1n) is 6.01. The standard InChI is InChI=1S/C12H22N4/c1-4-6-7-8-16(3)12-10(5-2)11(13)14-9-15-12/h9H,4-8H2,1-3H3,(H2,13,14,15). The van der Waals surface area contributed by atoms with Crippen LogP contribution in [0.4, 0.5) is 11.6 Å². The van der Waals surface area contributed by atoms with Gasteiger partial charge < -0.3 is 10.6 Å². The molecule has 4 nitrogen and oxygen atoms in total. The lowest BCUT2D eigenvalue weighted by molar-refractivity contribution is 0.699. The molecular weight excluding hydrogens is 200 g/mol. The molecule has 0 bridgehead atoms. The Bertz CT molecular complexity index is 325. The summed E-state index contributed by atoms with van der Waals surface area (Å²) in [4.78, 5) is 10.5. The van der Waals surface area contributed by atoms with Gasteiger partial charge in [-0.05, 0) is 12.8 Å². The van der Waals surface area contributed by atoms with Crippen LogP contribution in [-0.2, 0) is 6.42 Å². The van der Waals surface area contributed by atoms with Crippen molar-refractivity contribution in [1.82, 2.24) is 9.97 Å². The van der Waals surface area contributed by atoms with E-state index in [2.05, 4.69) is 35.8 Å². The Morgan fingerprint density at radius 1 is 1.25 bits per heavy atom. The first kappa shape index (κ1) is 12.7. The molecule has 0 fully saturated rings. The monoisotopic (exact) mass is 222 g/mol. The SMILES string of the molecule is CCCCCN(C)c1ncnc(N)c1CC. The summed E-state index contributed by atoms with van der Waals surface area (Å²) in [5, 5.41) is 0. The van der Waals surface area contributed by atoms with Gasteiger partial charge in [-0.2, -0.15) is 0 Å². The average molecular weight is 222 g/mol. The molecule has 1 aromatic heterocycles. The number of hydrogen-bond donors (Lipinski definition) is 1. The lowest BCUT2D eigenvalue weighted by atomic mass is 10.2. The number of nitrogens with two attached hydrogens (primary N) is 1. The van der Waals surface area contributed by atoms with Gasteiger partial charge in [0.1, 0.15) is 18.0 Å². The van der Waals surface area contributed by atoms with Crippen LogP contribution in [0.1, 0.15) is 38.7 Å². The molecule has 0 aliphatic heterocycles. The Labute approximate surface area is 97.9 Å². The summed E-state index contributed by atoms with van der Waals surface area (Å²) in [5.41, 5.74) is 6.90. The second kappa shape index (κ2) is 6.30. The minimum atomic E-state index is 0.606. The largest absolute Gasteiger partial charge is 0.383 e. The van der Waals surface area contributed by atoms with E-state index in [-0.39, 0.29) is 0 Å². The number of hydrogen-bond acceptors (Lipinski definition) is 4. The Balaban J connectivity index is 2.74. The zero-order chi connectivity index (χ0) is 12.0. The van der Waals surface area contributed by atoms with E-state index in [1.165, 1.54) is 19.3 Å². The molecule has 0 aliphatic rings. The number of aromatic nitrogens is 2. The van der Waals surface area contributed by atoms with Gasteiger partial charge in [0.25, 0.3) is 0 Å². The normalized spacial score (nSPS) is 10.4. The number of rotatable bonds is 6. The first-order valence-corrected chi connectivity index (χ1v) is 6.01. The van der Waals surface area contributed by atoms with Crippen molar-refractivity contribution in [2.75, 3.05) is 24.2 Å². The highest BCUT2D eigenvalue weighted by Crippen LogP contribution is 2.21. The first-order chi connectivity index (χ1) is 7.70. The molecule has 0 aliphatic carbocycles. The van der Waals surface area contributed by atoms with Gasteiger partial charge in [-0.1, -0.05) is 26.7 Å². The van der Waals surface area contributed by atoms with E-state index in [0.717, 1.165) is 24.3 Å². The predicted octanol–water partition coefficient (Wildman–Crippen LogP) is 2.25. The van der Waals surface area contributed by atoms with Gasteiger partial charge >= 0.3 is 0 Å². The van der Waals surface area contributed by atoms with Crippen molar-refractivity contribution in [3.8, 4) is 0 Å². The molecule has 0 radical (unpaired) electrons. The Kier molecular flexibility index (Phi) is 5.02. The van der Waals surface area contributed by atoms with Crippen molar-refractivity contribution in [2.24, 2.45) is 0 Å². The zero-order valence-electron chi connectivity index (χ0n) is 10.5. The van der Waals surface area contributed by atoms with Crippen molar-refractivity contribution < 1.29 is 0 Å². The quantitative estimate of drug-likeness (QED) is 0.750. The van der Waals surface area contributed by atoms with Crippen LogP contribution in [0.2, 0.25) is 0 Å². The Hall–Kier alpha value is -1.32. The fraction of sp³-hybridized carbons (Fsp3) is 0.667. The van der Waals surface area contributed by atoms with Crippen LogP contribution < -0.4 is 10.6 Å². The van der Waals surface area contributed by atoms with E-state index in [1.807, 2.05) is 0 Å². The van der Waals surface area contributed by atoms with Crippen LogP contribution in [0.25, 0.3) is 0 Å². The minimum absolute atomic E-state index is 0.606. The molecule has 0 atom stereocenters. The predicted molar refractivity (Wildman–Crippen MR) is 68.6 cm³/mol. The highest BCUT2D eigenvalue weighted by Gasteiger charge is 2.10. The summed E-state index contributed by atoms with van der Waals surface area (Å²) in [6.45, 7) is 5.32. The minimum Gasteiger partial charge on any atom is -0.383 e. The Morgan fingerprint density at radius 3 is 2.62 bits per heavy atom. The topological polar surface area (TPSA) is 55.0 Å². The van der Waals surface area contributed by atoms with Gasteiger partial charge in [-0.25, -0.2) is 9.97 Å². The van der Waals surface area contributed by atoms with E-state index in [4.69, 9.17) is 5.73 Å². The zero-order valence-corrected chi connectivity index (χ0v) is 10.5. The molecule has 16 heavy (non-hydrogen) atoms. The second-order valence-corrected chi connectivity index (χ2v) is 4.04. The summed E-state index contributed by atoms with van der Waals surface area (Å²) < 4.78 is 0. The second-order valence-electron chi connectivity index (χ2n) is 4.04. The van der Waals surface area contributed by atoms with Crippen LogP contribution in [0.15, 0.2) is 6.33 Å². The van der Waals surface area contributed by atoms with Crippen LogP contribution in [0.5, 0.6) is 0 Å². The van der Waals surface area contributed by atoms with Gasteiger partial charge in [0.05, 0.1) is 0 Å². The molecule has 0 spiro atoms. The number of anilines is 2. The molecule has 0 amide bonds. The highest BCUT2D eigenvalue weighted by molar-refractivity contribution is 5.56. The van der Waals surface area contributed by atoms with Crippen LogP contribution >= 0.6 is 0 Å². The van der Waals surface area contributed by atoms with Gasteiger partial charge in [0.2, 0.25) is 0 Å². The lowest BCUT2D eigenvalue weighted by Crippen LogP contribution is -2.22. The van der Waals surface area contributed by atoms with Crippen LogP contribution in [-0.4, -0.2) is 23.6 Å². The van der Waals surface area contributed by atoms with Crippen molar-refractivity contribution in [3.63, 3.8) is 0 Å². The summed E-state index contributed by atoms with van der Waals surface area (Å²) in [6, 6.07) is 0. The fourth-order valence-corrected chi connectivity index (χ4v) is 1.79. The average Bonchev–Trinajstić information content (AvgIpc) is 2.29. The van der Waals surface area contributed by atoms with Crippen LogP contribution in [0, 0.1) is 0 Å². The molecule has 0 saturated heterocycles. The summed E-state index contributed by atoms with van der Waals surface area (Å²) in [7, 11) is 2.07. The van der Waals surface area contributed by atoms with Gasteiger partial charge in [-0.15, -0.1) is 0 Å². The highest BCUT2D eigenvalue weighted by atomic mass is 15.2. The van der Waals surface area contributed by atoms with E-state index >= 15 is 0 Å². The van der Waals surface area contributed by atoms with Crippen LogP contribution in [0.3, 0.4) is 0 Å². The number of nitrogens with zero attached hydrogens (tertiary/aromatic N) is 3. The molecule has 0 unspecified atom stereocenters. The molecule has 4 heteroatoms. The van der Waals surface area contributed by atoms with Gasteiger partial charge in [-0.3, -0.25) is 0 Å². The maximum absolute atomic E-state index is 5.85. The lowest BCUT2D eigenvalue weighted by Gasteiger charge is -2.21. The maximum atomic E-state index is 5.85. The van der Waals surface area contributed by atoms with Gasteiger partial charge in [0, 0.05) is 19.2 Å². The fourth-order valence-electron chi connectivity index (χ4n) is 1.79. The van der Waals surface area contributed by atoms with E-state index in [9.17, 15) is 0 Å². The van der Waals surface area contributed by atoms with Gasteiger partial charge in [0.15, 0.2) is 0 Å². The molecule has 0 saturated carbocycles. The molecule has 1 aromatic rings. The number of unbranched alkanes of at least 4 members (excludes halogenated alkanes) is 2. The molecule has 1 rings (SSSR count). The smallest absolute Gasteiger partial charge is 0.137 e. The summed E-state index contributed by atoms with van der Waals surface area (Å²) in [6.07, 6.45) is 6.10. The molecule has 2 N–H and O–H groups in total. The van der Waals surface area contributed by atoms with Crippen molar-refractivity contribution in [1.29, 1.82) is 0 Å². The maximum Gasteiger partial charge on any atom is 0.137 e. The molecular formula is C12H22N4. The van der Waals surface area contributed by atoms with Crippen molar-refractivity contribution in [2.45, 2.75) is 39.5 Å². The van der Waals surface area contributed by atoms with Crippen molar-refractivity contribution in [3.05, 3.63) is 11.9 Å². The molecule has 1 heterocycles. The molecule has 90 valence electrons. The third-order valence-electron chi connectivity index (χ3n) is 2.77. The molecule has 0 aromatic carbocycles. The third kappa shape index (κ3) is 3.08. The summed E-state index contributed by atoms with van der Waals surface area (Å²) >= 11 is 0. The van der Waals surface area contributed by atoms with Crippen molar-refractivity contribution >= 4 is 11.6 Å².